The maximum atomic E-state index is 7.11. The molecule has 0 saturated carbocycles. The third-order valence-corrected chi connectivity index (χ3v) is 1.53. The molecule has 0 spiro atoms. The van der Waals surface area contributed by atoms with E-state index in [1.165, 1.54) is 5.01 Å². The molecule has 0 bridgehead atoms. The molecular weight excluding hydrogens is 267 g/mol. The van der Waals surface area contributed by atoms with Crippen LogP contribution in [0.1, 0.15) is 6.92 Å². The van der Waals surface area contributed by atoms with E-state index < -0.39 is 0 Å². The van der Waals surface area contributed by atoms with Crippen molar-refractivity contribution in [3.8, 4) is 0 Å². The molecule has 0 aliphatic rings. The molecule has 0 aliphatic carbocycles. The van der Waals surface area contributed by atoms with E-state index in [-0.39, 0.29) is 3.84 Å². The molecule has 0 aromatic carbocycles. The van der Waals surface area contributed by atoms with Crippen LogP contribution in [0.25, 0.3) is 0 Å². The number of rotatable bonds is 3. The standard InChI is InChI=1S/C7H11IN4/c1-5(11-7(8)9)6(2)12(4)10-3/h9H,2-3H2,1,4H3/b9-7?,11-5+. The first kappa shape index (κ1) is 11.3. The van der Waals surface area contributed by atoms with E-state index in [1.807, 2.05) is 22.6 Å². The van der Waals surface area contributed by atoms with Crippen molar-refractivity contribution in [3.05, 3.63) is 12.3 Å². The predicted molar refractivity (Wildman–Crippen MR) is 61.3 cm³/mol. The van der Waals surface area contributed by atoms with Gasteiger partial charge in [0.15, 0.2) is 3.84 Å². The topological polar surface area (TPSA) is 51.8 Å². The average molecular weight is 278 g/mol. The van der Waals surface area contributed by atoms with Crippen LogP contribution in [0, 0.1) is 5.41 Å². The maximum absolute atomic E-state index is 7.11. The van der Waals surface area contributed by atoms with Gasteiger partial charge in [-0.3, -0.25) is 10.4 Å². The summed E-state index contributed by atoms with van der Waals surface area (Å²) in [6, 6.07) is 0. The molecule has 0 amide bonds. The highest BCUT2D eigenvalue weighted by molar-refractivity contribution is 14.1. The summed E-state index contributed by atoms with van der Waals surface area (Å²) in [4.78, 5) is 3.90. The van der Waals surface area contributed by atoms with Crippen LogP contribution in [0.15, 0.2) is 22.4 Å². The highest BCUT2D eigenvalue weighted by Gasteiger charge is 2.02. The van der Waals surface area contributed by atoms with E-state index in [0.29, 0.717) is 11.4 Å². The fourth-order valence-corrected chi connectivity index (χ4v) is 0.893. The summed E-state index contributed by atoms with van der Waals surface area (Å²) in [5.41, 5.74) is 1.32. The minimum absolute atomic E-state index is 0.226. The molecule has 66 valence electrons. The summed E-state index contributed by atoms with van der Waals surface area (Å²) in [7, 11) is 1.73. The number of nitrogens with one attached hydrogen (secondary N) is 1. The fourth-order valence-electron chi connectivity index (χ4n) is 0.531. The smallest absolute Gasteiger partial charge is 0.183 e. The van der Waals surface area contributed by atoms with Crippen molar-refractivity contribution in [3.63, 3.8) is 0 Å². The quantitative estimate of drug-likeness (QED) is 0.277. The van der Waals surface area contributed by atoms with Crippen LogP contribution < -0.4 is 0 Å². The van der Waals surface area contributed by atoms with Gasteiger partial charge in [-0.1, -0.05) is 6.58 Å². The summed E-state index contributed by atoms with van der Waals surface area (Å²) < 4.78 is 0.226. The lowest BCUT2D eigenvalue weighted by Crippen LogP contribution is -2.15. The largest absolute Gasteiger partial charge is 0.277 e. The van der Waals surface area contributed by atoms with E-state index in [1.54, 1.807) is 14.0 Å². The number of halogens is 1. The van der Waals surface area contributed by atoms with Crippen molar-refractivity contribution in [1.29, 1.82) is 5.41 Å². The normalized spacial score (nSPS) is 10.8. The lowest BCUT2D eigenvalue weighted by molar-refractivity contribution is 0.475. The first-order chi connectivity index (χ1) is 5.49. The van der Waals surface area contributed by atoms with Crippen LogP contribution in [-0.4, -0.2) is 28.3 Å². The van der Waals surface area contributed by atoms with E-state index in [4.69, 9.17) is 5.41 Å². The van der Waals surface area contributed by atoms with E-state index in [0.717, 1.165) is 0 Å². The van der Waals surface area contributed by atoms with Gasteiger partial charge in [0.1, 0.15) is 0 Å². The molecule has 0 radical (unpaired) electrons. The van der Waals surface area contributed by atoms with Gasteiger partial charge in [0.05, 0.1) is 11.4 Å². The Morgan fingerprint density at radius 3 is 2.42 bits per heavy atom. The zero-order chi connectivity index (χ0) is 9.72. The molecule has 0 aromatic rings. The maximum Gasteiger partial charge on any atom is 0.183 e. The van der Waals surface area contributed by atoms with Gasteiger partial charge in [-0.05, 0) is 6.92 Å². The molecular formula is C7H11IN4. The molecule has 4 nitrogen and oxygen atoms in total. The van der Waals surface area contributed by atoms with Gasteiger partial charge in [-0.25, -0.2) is 4.99 Å². The molecule has 0 aliphatic heterocycles. The number of aliphatic imine (C=N–C) groups is 1. The van der Waals surface area contributed by atoms with Crippen LogP contribution in [0.5, 0.6) is 0 Å². The summed E-state index contributed by atoms with van der Waals surface area (Å²) >= 11 is 1.82. The molecule has 12 heavy (non-hydrogen) atoms. The number of allylic oxidation sites excluding steroid dienone is 1. The second kappa shape index (κ2) is 5.02. The Morgan fingerprint density at radius 1 is 1.58 bits per heavy atom. The molecule has 0 rings (SSSR count). The number of nitrogens with zero attached hydrogens (tertiary/aromatic N) is 3. The number of hydrogen-bond acceptors (Lipinski definition) is 3. The SMILES string of the molecule is C=NN(C)C(=C)/C(C)=N/C(=N)I. The fraction of sp³-hybridized carbons (Fsp3) is 0.286. The molecule has 0 saturated heterocycles. The Kier molecular flexibility index (Phi) is 4.72. The van der Waals surface area contributed by atoms with Crippen molar-refractivity contribution in [2.75, 3.05) is 7.05 Å². The van der Waals surface area contributed by atoms with E-state index >= 15 is 0 Å². The predicted octanol–water partition coefficient (Wildman–Crippen LogP) is 1.88. The van der Waals surface area contributed by atoms with Crippen LogP contribution >= 0.6 is 22.6 Å². The van der Waals surface area contributed by atoms with Crippen molar-refractivity contribution in [2.45, 2.75) is 6.92 Å². The van der Waals surface area contributed by atoms with Gasteiger partial charge in [-0.15, -0.1) is 0 Å². The van der Waals surface area contributed by atoms with Crippen molar-refractivity contribution >= 4 is 38.9 Å². The van der Waals surface area contributed by atoms with Gasteiger partial charge < -0.3 is 0 Å². The average Bonchev–Trinajstić information content (AvgIpc) is 2.00. The van der Waals surface area contributed by atoms with Crippen LogP contribution in [-0.2, 0) is 0 Å². The van der Waals surface area contributed by atoms with Gasteiger partial charge >= 0.3 is 0 Å². The highest BCUT2D eigenvalue weighted by atomic mass is 127. The minimum atomic E-state index is 0.226. The van der Waals surface area contributed by atoms with Gasteiger partial charge in [0.25, 0.3) is 0 Å². The zero-order valence-corrected chi connectivity index (χ0v) is 9.29. The third kappa shape index (κ3) is 3.61. The molecule has 0 atom stereocenters. The molecule has 0 fully saturated rings. The summed E-state index contributed by atoms with van der Waals surface area (Å²) in [5, 5.41) is 12.3. The molecule has 0 unspecified atom stereocenters. The number of amidine groups is 1. The highest BCUT2D eigenvalue weighted by Crippen LogP contribution is 2.02. The minimum Gasteiger partial charge on any atom is -0.277 e. The Bertz CT molecular complexity index is 244. The third-order valence-electron chi connectivity index (χ3n) is 1.29. The summed E-state index contributed by atoms with van der Waals surface area (Å²) in [6.07, 6.45) is 0. The second-order valence-electron chi connectivity index (χ2n) is 2.10. The molecule has 1 N–H and O–H groups in total. The first-order valence-electron chi connectivity index (χ1n) is 3.18. The van der Waals surface area contributed by atoms with Crippen LogP contribution in [0.4, 0.5) is 0 Å². The van der Waals surface area contributed by atoms with E-state index in [9.17, 15) is 0 Å². The Balaban J connectivity index is 4.49. The van der Waals surface area contributed by atoms with Crippen LogP contribution in [0.2, 0.25) is 0 Å². The second-order valence-corrected chi connectivity index (χ2v) is 3.12. The summed E-state index contributed by atoms with van der Waals surface area (Å²) in [6.45, 7) is 8.86. The Labute approximate surface area is 85.7 Å². The van der Waals surface area contributed by atoms with Gasteiger partial charge in [0, 0.05) is 36.4 Å². The molecule has 0 aromatic heterocycles. The summed E-state index contributed by atoms with van der Waals surface area (Å²) in [5.74, 6) is 0. The zero-order valence-electron chi connectivity index (χ0n) is 7.13. The Hall–Kier alpha value is -0.720. The molecule has 0 heterocycles. The van der Waals surface area contributed by atoms with Gasteiger partial charge in [0.2, 0.25) is 0 Å². The number of hydrazone groups is 1. The van der Waals surface area contributed by atoms with E-state index in [2.05, 4.69) is 23.4 Å². The lowest BCUT2D eigenvalue weighted by Gasteiger charge is -2.13. The van der Waals surface area contributed by atoms with Gasteiger partial charge in [-0.2, -0.15) is 5.10 Å². The monoisotopic (exact) mass is 278 g/mol. The Morgan fingerprint density at radius 2 is 2.08 bits per heavy atom. The number of hydrogen-bond donors (Lipinski definition) is 1. The van der Waals surface area contributed by atoms with Crippen molar-refractivity contribution < 1.29 is 0 Å². The molecule has 5 heteroatoms. The van der Waals surface area contributed by atoms with Crippen molar-refractivity contribution in [1.82, 2.24) is 5.01 Å². The lowest BCUT2D eigenvalue weighted by atomic mass is 10.3. The first-order valence-corrected chi connectivity index (χ1v) is 4.26. The van der Waals surface area contributed by atoms with Crippen LogP contribution in [0.3, 0.4) is 0 Å². The van der Waals surface area contributed by atoms with Crippen molar-refractivity contribution in [2.24, 2.45) is 10.1 Å².